The summed E-state index contributed by atoms with van der Waals surface area (Å²) in [5.74, 6) is 0. The van der Waals surface area contributed by atoms with Gasteiger partial charge in [-0.1, -0.05) is 31.0 Å². The molecule has 0 atom stereocenters. The molecule has 0 unspecified atom stereocenters. The van der Waals surface area contributed by atoms with E-state index in [9.17, 15) is 5.11 Å². The lowest BCUT2D eigenvalue weighted by Gasteiger charge is -2.20. The molecule has 2 heteroatoms. The average molecular weight is 257 g/mol. The van der Waals surface area contributed by atoms with E-state index < -0.39 is 5.60 Å². The van der Waals surface area contributed by atoms with Gasteiger partial charge in [-0.25, -0.2) is 0 Å². The summed E-state index contributed by atoms with van der Waals surface area (Å²) in [5, 5.41) is 11.4. The van der Waals surface area contributed by atoms with Crippen molar-refractivity contribution in [3.8, 4) is 0 Å². The molecule has 1 aromatic carbocycles. The lowest BCUT2D eigenvalue weighted by atomic mass is 9.97. The van der Waals surface area contributed by atoms with Crippen LogP contribution in [0.3, 0.4) is 0 Å². The molecule has 1 aliphatic rings. The molecule has 0 saturated heterocycles. The molecule has 0 aliphatic heterocycles. The van der Waals surface area contributed by atoms with Crippen molar-refractivity contribution in [2.24, 2.45) is 0 Å². The van der Waals surface area contributed by atoms with Gasteiger partial charge in [-0.15, -0.1) is 0 Å². The molecule has 0 amide bonds. The van der Waals surface area contributed by atoms with Crippen molar-refractivity contribution in [2.75, 3.05) is 0 Å². The molecular formula is C17H23NO. The van der Waals surface area contributed by atoms with Crippen molar-refractivity contribution in [3.63, 3.8) is 0 Å². The van der Waals surface area contributed by atoms with E-state index in [2.05, 4.69) is 35.0 Å². The van der Waals surface area contributed by atoms with E-state index in [1.165, 1.54) is 42.1 Å². The highest BCUT2D eigenvalue weighted by Crippen LogP contribution is 2.34. The number of rotatable bonds is 3. The van der Waals surface area contributed by atoms with E-state index in [-0.39, 0.29) is 0 Å². The van der Waals surface area contributed by atoms with E-state index in [4.69, 9.17) is 0 Å². The number of aliphatic hydroxyl groups is 1. The Morgan fingerprint density at radius 2 is 1.95 bits per heavy atom. The number of aromatic nitrogens is 1. The standard InChI is InChI=1S/C17H23NO/c1-17(2,19)12-14-7-5-6-13-10-11-18(16(13)14)15-8-3-4-9-15/h5-7,10-11,15,19H,3-4,8-9,12H2,1-2H3. The van der Waals surface area contributed by atoms with Gasteiger partial charge in [0.2, 0.25) is 0 Å². The first-order valence-electron chi connectivity index (χ1n) is 7.35. The van der Waals surface area contributed by atoms with Gasteiger partial charge in [0, 0.05) is 18.7 Å². The first-order valence-corrected chi connectivity index (χ1v) is 7.35. The summed E-state index contributed by atoms with van der Waals surface area (Å²) in [5.41, 5.74) is 1.94. The van der Waals surface area contributed by atoms with Gasteiger partial charge in [-0.2, -0.15) is 0 Å². The Balaban J connectivity index is 2.08. The molecule has 1 N–H and O–H groups in total. The number of para-hydroxylation sites is 1. The van der Waals surface area contributed by atoms with Crippen molar-refractivity contribution in [2.45, 2.75) is 57.6 Å². The predicted octanol–water partition coefficient (Wildman–Crippen LogP) is 4.07. The highest BCUT2D eigenvalue weighted by atomic mass is 16.3. The minimum absolute atomic E-state index is 0.653. The normalized spacial score (nSPS) is 17.4. The Morgan fingerprint density at radius 1 is 1.21 bits per heavy atom. The maximum absolute atomic E-state index is 10.1. The van der Waals surface area contributed by atoms with Crippen LogP contribution in [0.2, 0.25) is 0 Å². The fourth-order valence-electron chi connectivity index (χ4n) is 3.39. The lowest BCUT2D eigenvalue weighted by molar-refractivity contribution is 0.0812. The van der Waals surface area contributed by atoms with Crippen molar-refractivity contribution in [1.29, 1.82) is 0 Å². The molecule has 1 saturated carbocycles. The van der Waals surface area contributed by atoms with Crippen LogP contribution >= 0.6 is 0 Å². The second kappa shape index (κ2) is 4.68. The summed E-state index contributed by atoms with van der Waals surface area (Å²) in [6, 6.07) is 9.30. The molecule has 0 bridgehead atoms. The van der Waals surface area contributed by atoms with Crippen LogP contribution < -0.4 is 0 Å². The second-order valence-corrected chi connectivity index (χ2v) is 6.51. The Hall–Kier alpha value is -1.28. The summed E-state index contributed by atoms with van der Waals surface area (Å²) >= 11 is 0. The Labute approximate surface area is 115 Å². The smallest absolute Gasteiger partial charge is 0.0632 e. The van der Waals surface area contributed by atoms with Crippen LogP contribution in [-0.2, 0) is 6.42 Å². The van der Waals surface area contributed by atoms with E-state index in [0.717, 1.165) is 0 Å². The van der Waals surface area contributed by atoms with Gasteiger partial charge >= 0.3 is 0 Å². The lowest BCUT2D eigenvalue weighted by Crippen LogP contribution is -2.22. The maximum Gasteiger partial charge on any atom is 0.0632 e. The van der Waals surface area contributed by atoms with Crippen LogP contribution in [0.5, 0.6) is 0 Å². The van der Waals surface area contributed by atoms with Crippen LogP contribution in [0.15, 0.2) is 30.5 Å². The zero-order valence-electron chi connectivity index (χ0n) is 11.9. The molecule has 1 fully saturated rings. The highest BCUT2D eigenvalue weighted by Gasteiger charge is 2.21. The molecular weight excluding hydrogens is 234 g/mol. The Morgan fingerprint density at radius 3 is 2.63 bits per heavy atom. The van der Waals surface area contributed by atoms with Gasteiger partial charge in [0.25, 0.3) is 0 Å². The van der Waals surface area contributed by atoms with Crippen molar-refractivity contribution < 1.29 is 5.11 Å². The quantitative estimate of drug-likeness (QED) is 0.881. The molecule has 1 heterocycles. The third-order valence-corrected chi connectivity index (χ3v) is 4.16. The van der Waals surface area contributed by atoms with Crippen molar-refractivity contribution >= 4 is 10.9 Å². The molecule has 1 aliphatic carbocycles. The maximum atomic E-state index is 10.1. The molecule has 1 aromatic heterocycles. The minimum Gasteiger partial charge on any atom is -0.390 e. The summed E-state index contributed by atoms with van der Waals surface area (Å²) in [7, 11) is 0. The average Bonchev–Trinajstić information content (AvgIpc) is 2.95. The topological polar surface area (TPSA) is 25.2 Å². The molecule has 19 heavy (non-hydrogen) atoms. The van der Waals surface area contributed by atoms with Gasteiger partial charge < -0.3 is 9.67 Å². The first-order chi connectivity index (χ1) is 9.04. The van der Waals surface area contributed by atoms with Gasteiger partial charge in [0.1, 0.15) is 0 Å². The highest BCUT2D eigenvalue weighted by molar-refractivity contribution is 5.83. The fraction of sp³-hybridized carbons (Fsp3) is 0.529. The molecule has 3 rings (SSSR count). The van der Waals surface area contributed by atoms with E-state index in [1.54, 1.807) is 0 Å². The zero-order chi connectivity index (χ0) is 13.5. The zero-order valence-corrected chi connectivity index (χ0v) is 11.9. The van der Waals surface area contributed by atoms with Crippen LogP contribution in [0.4, 0.5) is 0 Å². The van der Waals surface area contributed by atoms with E-state index in [1.807, 2.05) is 13.8 Å². The summed E-state index contributed by atoms with van der Waals surface area (Å²) < 4.78 is 2.45. The van der Waals surface area contributed by atoms with Gasteiger partial charge in [-0.3, -0.25) is 0 Å². The van der Waals surface area contributed by atoms with Crippen LogP contribution in [0.25, 0.3) is 10.9 Å². The number of hydrogen-bond donors (Lipinski definition) is 1. The predicted molar refractivity (Wildman–Crippen MR) is 79.4 cm³/mol. The SMILES string of the molecule is CC(C)(O)Cc1cccc2ccn(C3CCCC3)c12. The number of benzene rings is 1. The molecule has 2 aromatic rings. The third kappa shape index (κ3) is 2.55. The monoisotopic (exact) mass is 257 g/mol. The largest absolute Gasteiger partial charge is 0.390 e. The van der Waals surface area contributed by atoms with Crippen molar-refractivity contribution in [3.05, 3.63) is 36.0 Å². The molecule has 0 radical (unpaired) electrons. The van der Waals surface area contributed by atoms with Gasteiger partial charge in [-0.05, 0) is 43.7 Å². The van der Waals surface area contributed by atoms with E-state index >= 15 is 0 Å². The molecule has 2 nitrogen and oxygen atoms in total. The summed E-state index contributed by atoms with van der Waals surface area (Å²) in [6.45, 7) is 3.77. The minimum atomic E-state index is -0.654. The molecule has 102 valence electrons. The van der Waals surface area contributed by atoms with Gasteiger partial charge in [0.15, 0.2) is 0 Å². The van der Waals surface area contributed by atoms with Gasteiger partial charge in [0.05, 0.1) is 11.1 Å². The Bertz CT molecular complexity index is 570. The van der Waals surface area contributed by atoms with E-state index in [0.29, 0.717) is 12.5 Å². The number of fused-ring (bicyclic) bond motifs is 1. The number of nitrogens with zero attached hydrogens (tertiary/aromatic N) is 1. The Kier molecular flexibility index (Phi) is 3.14. The second-order valence-electron chi connectivity index (χ2n) is 6.51. The third-order valence-electron chi connectivity index (χ3n) is 4.16. The summed E-state index contributed by atoms with van der Waals surface area (Å²) in [6.07, 6.45) is 8.22. The van der Waals surface area contributed by atoms with Crippen LogP contribution in [-0.4, -0.2) is 15.3 Å². The summed E-state index contributed by atoms with van der Waals surface area (Å²) in [4.78, 5) is 0. The van der Waals surface area contributed by atoms with Crippen molar-refractivity contribution in [1.82, 2.24) is 4.57 Å². The fourth-order valence-corrected chi connectivity index (χ4v) is 3.39. The number of hydrogen-bond acceptors (Lipinski definition) is 1. The first kappa shape index (κ1) is 12.7. The van der Waals surface area contributed by atoms with Crippen LogP contribution in [0, 0.1) is 0 Å². The molecule has 0 spiro atoms. The van der Waals surface area contributed by atoms with Crippen LogP contribution in [0.1, 0.15) is 51.1 Å².